The van der Waals surface area contributed by atoms with E-state index in [-0.39, 0.29) is 76.8 Å². The van der Waals surface area contributed by atoms with Crippen LogP contribution < -0.4 is 10.6 Å². The number of nitrogens with one attached hydrogen (secondary N) is 2. The molecule has 382 valence electrons. The Kier molecular flexibility index (Phi) is 27.9. The van der Waals surface area contributed by atoms with Crippen LogP contribution in [0.2, 0.25) is 0 Å². The van der Waals surface area contributed by atoms with Gasteiger partial charge in [-0.2, -0.15) is 0 Å². The second-order valence-electron chi connectivity index (χ2n) is 17.4. The van der Waals surface area contributed by atoms with Crippen LogP contribution in [0.5, 0.6) is 0 Å². The van der Waals surface area contributed by atoms with Crippen molar-refractivity contribution < 1.29 is 76.1 Å². The summed E-state index contributed by atoms with van der Waals surface area (Å²) in [5.74, 6) is -1.80. The van der Waals surface area contributed by atoms with Gasteiger partial charge in [0.1, 0.15) is 30.9 Å². The fourth-order valence-electron chi connectivity index (χ4n) is 6.47. The van der Waals surface area contributed by atoms with Gasteiger partial charge in [-0.25, -0.2) is 4.79 Å². The Morgan fingerprint density at radius 1 is 0.471 bits per heavy atom. The number of ether oxygens (including phenoxy) is 11. The number of hydrogen-bond donors (Lipinski definition) is 2. The third kappa shape index (κ3) is 26.1. The molecule has 2 aromatic rings. The Hall–Kier alpha value is -4.73. The number of rotatable bonds is 36. The fraction of sp³-hybridized carbons (Fsp3) is 0.653. The van der Waals surface area contributed by atoms with Crippen LogP contribution in [0.15, 0.2) is 48.5 Å². The minimum absolute atomic E-state index is 0.0221. The molecule has 0 radical (unpaired) electrons. The molecule has 3 amide bonds. The van der Waals surface area contributed by atoms with Gasteiger partial charge in [-0.3, -0.25) is 24.1 Å². The van der Waals surface area contributed by atoms with Crippen LogP contribution in [0.1, 0.15) is 71.4 Å². The first-order valence-corrected chi connectivity index (χ1v) is 23.3. The van der Waals surface area contributed by atoms with E-state index < -0.39 is 42.2 Å². The predicted octanol–water partition coefficient (Wildman–Crippen LogP) is 4.07. The summed E-state index contributed by atoms with van der Waals surface area (Å²) in [4.78, 5) is 64.0. The second kappa shape index (κ2) is 32.9. The molecule has 68 heavy (non-hydrogen) atoms. The maximum Gasteiger partial charge on any atom is 0.410 e. The van der Waals surface area contributed by atoms with Gasteiger partial charge in [0, 0.05) is 19.0 Å². The van der Waals surface area contributed by atoms with Crippen molar-refractivity contribution in [2.45, 2.75) is 71.5 Å². The normalized spacial score (nSPS) is 12.3. The zero-order valence-electron chi connectivity index (χ0n) is 40.9. The van der Waals surface area contributed by atoms with E-state index in [0.29, 0.717) is 79.3 Å². The second-order valence-corrected chi connectivity index (χ2v) is 17.4. The minimum atomic E-state index is -0.802. The minimum Gasteiger partial charge on any atom is -0.460 e. The molecule has 1 aliphatic rings. The summed E-state index contributed by atoms with van der Waals surface area (Å²) in [5.41, 5.74) is 3.17. The van der Waals surface area contributed by atoms with Crippen molar-refractivity contribution in [1.29, 1.82) is 0 Å². The van der Waals surface area contributed by atoms with Crippen LogP contribution in [0, 0.1) is 0 Å². The summed E-state index contributed by atoms with van der Waals surface area (Å²) in [6, 6.07) is 15.9. The van der Waals surface area contributed by atoms with Gasteiger partial charge in [0.25, 0.3) is 0 Å². The van der Waals surface area contributed by atoms with E-state index in [1.165, 1.54) is 0 Å². The van der Waals surface area contributed by atoms with Gasteiger partial charge in [0.15, 0.2) is 0 Å². The Balaban J connectivity index is 1.29. The summed E-state index contributed by atoms with van der Waals surface area (Å²) >= 11 is 0. The number of carbonyl (C=O) groups is 5. The van der Waals surface area contributed by atoms with Gasteiger partial charge in [0.2, 0.25) is 11.8 Å². The first-order valence-electron chi connectivity index (χ1n) is 23.3. The Labute approximate surface area is 401 Å². The van der Waals surface area contributed by atoms with Gasteiger partial charge in [0.05, 0.1) is 119 Å². The molecule has 0 fully saturated rings. The first kappa shape index (κ1) is 57.6. The smallest absolute Gasteiger partial charge is 0.410 e. The van der Waals surface area contributed by atoms with Crippen LogP contribution in [0.4, 0.5) is 4.79 Å². The van der Waals surface area contributed by atoms with E-state index in [1.807, 2.05) is 90.1 Å². The molecule has 0 bridgehead atoms. The van der Waals surface area contributed by atoms with Gasteiger partial charge in [-0.1, -0.05) is 48.5 Å². The van der Waals surface area contributed by atoms with Crippen LogP contribution in [0.25, 0.3) is 11.1 Å². The quantitative estimate of drug-likeness (QED) is 0.0560. The van der Waals surface area contributed by atoms with Crippen molar-refractivity contribution >= 4 is 29.8 Å². The van der Waals surface area contributed by atoms with E-state index in [2.05, 4.69) is 10.6 Å². The Morgan fingerprint density at radius 2 is 0.794 bits per heavy atom. The summed E-state index contributed by atoms with van der Waals surface area (Å²) < 4.78 is 60.1. The number of benzene rings is 2. The number of hydrogen-bond acceptors (Lipinski definition) is 16. The highest BCUT2D eigenvalue weighted by atomic mass is 16.6. The molecule has 3 rings (SSSR count). The van der Waals surface area contributed by atoms with E-state index in [9.17, 15) is 24.0 Å². The van der Waals surface area contributed by atoms with Crippen molar-refractivity contribution in [1.82, 2.24) is 15.5 Å². The fourth-order valence-corrected chi connectivity index (χ4v) is 6.47. The average molecular weight is 962 g/mol. The van der Waals surface area contributed by atoms with Crippen molar-refractivity contribution in [2.24, 2.45) is 0 Å². The molecule has 1 aliphatic carbocycles. The zero-order valence-corrected chi connectivity index (χ0v) is 40.9. The molecule has 0 unspecified atom stereocenters. The van der Waals surface area contributed by atoms with Crippen molar-refractivity contribution in [3.63, 3.8) is 0 Å². The summed E-state index contributed by atoms with van der Waals surface area (Å²) in [6.07, 6.45) is -0.442. The molecule has 0 aromatic heterocycles. The van der Waals surface area contributed by atoms with E-state index in [0.717, 1.165) is 27.2 Å². The number of amides is 3. The van der Waals surface area contributed by atoms with E-state index in [4.69, 9.17) is 52.1 Å². The molecule has 0 aliphatic heterocycles. The molecule has 2 N–H and O–H groups in total. The van der Waals surface area contributed by atoms with Gasteiger partial charge >= 0.3 is 18.0 Å². The average Bonchev–Trinajstić information content (AvgIpc) is 3.60. The van der Waals surface area contributed by atoms with E-state index >= 15 is 0 Å². The number of nitrogens with zero attached hydrogens (tertiary/aromatic N) is 1. The SMILES string of the molecule is CC(C)(C)OC(=O)CCOCCOCCOCCOCCNC(=O)CN(CC(=O)NCCOCCOCCOCCOCCC(=O)OC(C)(C)C)C(=O)OCC1c2ccccc2-c2ccccc21. The molecular weight excluding hydrogens is 887 g/mol. The number of fused-ring (bicyclic) bond motifs is 3. The Bertz CT molecular complexity index is 1660. The third-order valence-electron chi connectivity index (χ3n) is 9.37. The van der Waals surface area contributed by atoms with E-state index in [1.54, 1.807) is 0 Å². The molecule has 2 aromatic carbocycles. The Morgan fingerprint density at radius 3 is 1.15 bits per heavy atom. The molecule has 0 saturated carbocycles. The lowest BCUT2D eigenvalue weighted by Crippen LogP contribution is -2.47. The largest absolute Gasteiger partial charge is 0.460 e. The van der Waals surface area contributed by atoms with Crippen LogP contribution in [-0.2, 0) is 71.3 Å². The standard InChI is InChI=1S/C49H75N3O16/c1-48(2,3)67-45(55)15-19-58-23-27-62-31-33-64-29-25-60-21-17-50-43(53)35-52(47(57)66-37-42-40-13-9-7-11-38(40)39-12-8-10-14-41(39)42)36-44(54)51-18-22-61-26-30-65-34-32-63-28-24-59-20-16-46(56)68-49(4,5)6/h7-14,42H,15-37H2,1-6H3,(H,50,53)(H,51,54). The molecule has 19 heteroatoms. The summed E-state index contributed by atoms with van der Waals surface area (Å²) in [5, 5.41) is 5.45. The van der Waals surface area contributed by atoms with Crippen molar-refractivity contribution in [3.8, 4) is 11.1 Å². The topological polar surface area (TPSA) is 214 Å². The highest BCUT2D eigenvalue weighted by Crippen LogP contribution is 2.44. The van der Waals surface area contributed by atoms with Crippen molar-refractivity contribution in [3.05, 3.63) is 59.7 Å². The molecular formula is C49H75N3O16. The first-order chi connectivity index (χ1) is 32.6. The lowest BCUT2D eigenvalue weighted by Gasteiger charge is -2.23. The molecule has 0 spiro atoms. The van der Waals surface area contributed by atoms with Gasteiger partial charge < -0.3 is 62.7 Å². The summed E-state index contributed by atoms with van der Waals surface area (Å²) in [6.45, 7) is 15.4. The molecule has 0 heterocycles. The molecule has 0 saturated heterocycles. The number of carbonyl (C=O) groups excluding carboxylic acids is 5. The lowest BCUT2D eigenvalue weighted by molar-refractivity contribution is -0.157. The monoisotopic (exact) mass is 962 g/mol. The highest BCUT2D eigenvalue weighted by Gasteiger charge is 2.30. The third-order valence-corrected chi connectivity index (χ3v) is 9.37. The summed E-state index contributed by atoms with van der Waals surface area (Å²) in [7, 11) is 0. The maximum atomic E-state index is 13.5. The predicted molar refractivity (Wildman–Crippen MR) is 250 cm³/mol. The molecule has 0 atom stereocenters. The van der Waals surface area contributed by atoms with Crippen molar-refractivity contribution in [2.75, 3.05) is 138 Å². The maximum absolute atomic E-state index is 13.5. The van der Waals surface area contributed by atoms with Gasteiger partial charge in [-0.15, -0.1) is 0 Å². The number of esters is 2. The zero-order chi connectivity index (χ0) is 49.5. The lowest BCUT2D eigenvalue weighted by atomic mass is 9.98. The van der Waals surface area contributed by atoms with Crippen LogP contribution in [0.3, 0.4) is 0 Å². The van der Waals surface area contributed by atoms with Crippen LogP contribution >= 0.6 is 0 Å². The highest BCUT2D eigenvalue weighted by molar-refractivity contribution is 5.87. The molecule has 19 nitrogen and oxygen atoms in total. The van der Waals surface area contributed by atoms with Gasteiger partial charge in [-0.05, 0) is 63.8 Å². The van der Waals surface area contributed by atoms with Crippen LogP contribution in [-0.4, -0.2) is 184 Å².